The summed E-state index contributed by atoms with van der Waals surface area (Å²) in [7, 11) is 2.12. The minimum absolute atomic E-state index is 0.0494. The van der Waals surface area contributed by atoms with Gasteiger partial charge in [-0.1, -0.05) is 24.8 Å². The van der Waals surface area contributed by atoms with Crippen molar-refractivity contribution in [1.82, 2.24) is 19.8 Å². The van der Waals surface area contributed by atoms with Crippen molar-refractivity contribution in [3.05, 3.63) is 64.8 Å². The van der Waals surface area contributed by atoms with E-state index in [0.29, 0.717) is 44.2 Å². The van der Waals surface area contributed by atoms with E-state index < -0.39 is 17.8 Å². The van der Waals surface area contributed by atoms with Gasteiger partial charge in [0, 0.05) is 31.2 Å². The number of halogens is 1. The molecule has 0 N–H and O–H groups in total. The highest BCUT2D eigenvalue weighted by Gasteiger charge is 2.36. The summed E-state index contributed by atoms with van der Waals surface area (Å²) < 4.78 is 26.7. The summed E-state index contributed by atoms with van der Waals surface area (Å²) in [5.41, 5.74) is 7.15. The average molecular weight is 611 g/mol. The molecule has 0 radical (unpaired) electrons. The normalized spacial score (nSPS) is 21.3. The Kier molecular flexibility index (Phi) is 8.04. The Morgan fingerprint density at radius 1 is 1.11 bits per heavy atom. The van der Waals surface area contributed by atoms with Crippen LogP contribution >= 0.6 is 0 Å². The lowest BCUT2D eigenvalue weighted by Crippen LogP contribution is -2.56. The summed E-state index contributed by atoms with van der Waals surface area (Å²) in [4.78, 5) is 32.0. The molecular weight excluding hydrogens is 571 g/mol. The number of amides is 1. The zero-order valence-electron chi connectivity index (χ0n) is 25.9. The highest BCUT2D eigenvalue weighted by molar-refractivity contribution is 6.01. The van der Waals surface area contributed by atoms with Gasteiger partial charge in [-0.05, 0) is 86.9 Å². The first-order valence-corrected chi connectivity index (χ1v) is 16.1. The van der Waals surface area contributed by atoms with Crippen LogP contribution in [0.15, 0.2) is 36.7 Å². The van der Waals surface area contributed by atoms with E-state index in [1.165, 1.54) is 27.2 Å². The Morgan fingerprint density at radius 2 is 1.98 bits per heavy atom. The van der Waals surface area contributed by atoms with Gasteiger partial charge in [0.1, 0.15) is 24.2 Å². The molecule has 2 saturated heterocycles. The SMILES string of the molecule is [C-]#[N+]C[C@H]1CN(c2nc(OC[C@@H]3CCCN3C)nc3cc(-c4cccc5c4CCC5)c4c(c23)OCCC4)CCN1C(=O)C(=C)F. The van der Waals surface area contributed by atoms with Gasteiger partial charge in [0.05, 0.1) is 17.5 Å². The Hall–Kier alpha value is -4.23. The van der Waals surface area contributed by atoms with Gasteiger partial charge in [-0.3, -0.25) is 4.79 Å². The van der Waals surface area contributed by atoms with Crippen molar-refractivity contribution < 1.29 is 18.7 Å². The lowest BCUT2D eigenvalue weighted by atomic mass is 9.89. The molecule has 1 aromatic heterocycles. The van der Waals surface area contributed by atoms with Crippen LogP contribution in [-0.4, -0.2) is 90.7 Å². The summed E-state index contributed by atoms with van der Waals surface area (Å²) in [5, 5.41) is 0.822. The van der Waals surface area contributed by atoms with Crippen LogP contribution < -0.4 is 14.4 Å². The molecule has 0 bridgehead atoms. The van der Waals surface area contributed by atoms with Crippen LogP contribution in [0.5, 0.6) is 11.8 Å². The second-order valence-corrected chi connectivity index (χ2v) is 12.6. The number of nitrogens with zero attached hydrogens (tertiary/aromatic N) is 6. The molecule has 9 nitrogen and oxygen atoms in total. The van der Waals surface area contributed by atoms with Gasteiger partial charge in [-0.15, -0.1) is 0 Å². The highest BCUT2D eigenvalue weighted by Crippen LogP contribution is 2.46. The molecule has 10 heteroatoms. The molecule has 2 atom stereocenters. The quantitative estimate of drug-likeness (QED) is 0.275. The first-order chi connectivity index (χ1) is 21.9. The van der Waals surface area contributed by atoms with E-state index in [2.05, 4.69) is 52.5 Å². The maximum absolute atomic E-state index is 13.9. The number of likely N-dealkylation sites (N-methyl/N-ethyl adjacent to an activating group) is 1. The molecule has 4 heterocycles. The molecule has 2 fully saturated rings. The molecule has 4 aliphatic rings. The molecular formula is C35H39FN6O3. The molecule has 0 spiro atoms. The van der Waals surface area contributed by atoms with Crippen LogP contribution in [-0.2, 0) is 24.1 Å². The topological polar surface area (TPSA) is 75.4 Å². The lowest BCUT2D eigenvalue weighted by molar-refractivity contribution is -0.131. The van der Waals surface area contributed by atoms with Crippen molar-refractivity contribution in [1.29, 1.82) is 0 Å². The minimum Gasteiger partial charge on any atom is -0.492 e. The molecule has 45 heavy (non-hydrogen) atoms. The monoisotopic (exact) mass is 610 g/mol. The second kappa shape index (κ2) is 12.3. The molecule has 234 valence electrons. The summed E-state index contributed by atoms with van der Waals surface area (Å²) in [5.74, 6) is -0.306. The Balaban J connectivity index is 1.36. The summed E-state index contributed by atoms with van der Waals surface area (Å²) in [6.07, 6.45) is 7.34. The van der Waals surface area contributed by atoms with Crippen LogP contribution in [0.25, 0.3) is 26.9 Å². The number of piperazine rings is 1. The first kappa shape index (κ1) is 29.5. The molecule has 0 saturated carbocycles. The fourth-order valence-electron chi connectivity index (χ4n) is 7.59. The second-order valence-electron chi connectivity index (χ2n) is 12.6. The van der Waals surface area contributed by atoms with Gasteiger partial charge in [-0.25, -0.2) is 11.0 Å². The van der Waals surface area contributed by atoms with Crippen molar-refractivity contribution in [3.8, 4) is 22.9 Å². The number of hydrogen-bond donors (Lipinski definition) is 0. The highest BCUT2D eigenvalue weighted by atomic mass is 19.1. The Labute approximate surface area is 263 Å². The maximum atomic E-state index is 13.9. The lowest BCUT2D eigenvalue weighted by Gasteiger charge is -2.40. The molecule has 3 aromatic rings. The molecule has 1 aliphatic carbocycles. The zero-order chi connectivity index (χ0) is 31.1. The number of rotatable bonds is 7. The van der Waals surface area contributed by atoms with Crippen molar-refractivity contribution in [2.45, 2.75) is 57.0 Å². The van der Waals surface area contributed by atoms with Crippen molar-refractivity contribution >= 4 is 22.6 Å². The molecule has 7 rings (SSSR count). The number of benzene rings is 2. The van der Waals surface area contributed by atoms with Crippen molar-refractivity contribution in [2.75, 3.05) is 57.9 Å². The number of aryl methyl sites for hydroxylation is 1. The Bertz CT molecular complexity index is 1700. The molecule has 2 aromatic carbocycles. The summed E-state index contributed by atoms with van der Waals surface area (Å²) in [6.45, 7) is 13.9. The predicted molar refractivity (Wildman–Crippen MR) is 171 cm³/mol. The summed E-state index contributed by atoms with van der Waals surface area (Å²) >= 11 is 0. The third-order valence-electron chi connectivity index (χ3n) is 9.91. The van der Waals surface area contributed by atoms with Crippen LogP contribution in [0.4, 0.5) is 10.2 Å². The van der Waals surface area contributed by atoms with Gasteiger partial charge in [0.2, 0.25) is 6.54 Å². The van der Waals surface area contributed by atoms with E-state index in [4.69, 9.17) is 26.0 Å². The predicted octanol–water partition coefficient (Wildman–Crippen LogP) is 5.00. The fraction of sp³-hybridized carbons (Fsp3) is 0.486. The number of anilines is 1. The van der Waals surface area contributed by atoms with Crippen LogP contribution in [0.2, 0.25) is 0 Å². The zero-order valence-corrected chi connectivity index (χ0v) is 25.9. The van der Waals surface area contributed by atoms with Gasteiger partial charge in [0.15, 0.2) is 5.83 Å². The molecule has 0 unspecified atom stereocenters. The van der Waals surface area contributed by atoms with E-state index in [-0.39, 0.29) is 13.1 Å². The van der Waals surface area contributed by atoms with Crippen LogP contribution in [0.3, 0.4) is 0 Å². The third-order valence-corrected chi connectivity index (χ3v) is 9.91. The van der Waals surface area contributed by atoms with E-state index in [1.54, 1.807) is 0 Å². The molecule has 1 amide bonds. The number of fused-ring (bicyclic) bond motifs is 4. The van der Waals surface area contributed by atoms with E-state index >= 15 is 0 Å². The van der Waals surface area contributed by atoms with Gasteiger partial charge < -0.3 is 29.0 Å². The van der Waals surface area contributed by atoms with E-state index in [0.717, 1.165) is 73.7 Å². The van der Waals surface area contributed by atoms with Crippen LogP contribution in [0.1, 0.15) is 42.4 Å². The smallest absolute Gasteiger partial charge is 0.319 e. The largest absolute Gasteiger partial charge is 0.492 e. The number of ether oxygens (including phenoxy) is 2. The van der Waals surface area contributed by atoms with Crippen molar-refractivity contribution in [2.24, 2.45) is 0 Å². The molecule has 3 aliphatic heterocycles. The van der Waals surface area contributed by atoms with Gasteiger partial charge >= 0.3 is 6.01 Å². The standard InChI is InChI=1S/C35H39FN6O3/c1-22(36)34(43)42-16-15-41(20-25(42)19-37-2)33-31-30(38-35(39-33)45-21-24-10-6-14-40(24)3)18-29(28-13-7-17-44-32(28)31)27-12-5-9-23-8-4-11-26(23)27/h5,9,12,18,24-25H,1,4,6-8,10-11,13-17,19-21H2,3H3/t24-,25-/m0/s1. The van der Waals surface area contributed by atoms with Crippen LogP contribution in [0, 0.1) is 6.57 Å². The van der Waals surface area contributed by atoms with Gasteiger partial charge in [0.25, 0.3) is 5.91 Å². The number of carbonyl (C=O) groups excluding carboxylic acids is 1. The Morgan fingerprint density at radius 3 is 2.78 bits per heavy atom. The number of carbonyl (C=O) groups is 1. The average Bonchev–Trinajstić information content (AvgIpc) is 3.71. The number of aromatic nitrogens is 2. The van der Waals surface area contributed by atoms with E-state index in [9.17, 15) is 9.18 Å². The minimum atomic E-state index is -1.01. The van der Waals surface area contributed by atoms with Gasteiger partial charge in [-0.2, -0.15) is 9.97 Å². The van der Waals surface area contributed by atoms with Crippen molar-refractivity contribution in [3.63, 3.8) is 0 Å². The number of likely N-dealkylation sites (tertiary alicyclic amines) is 1. The fourth-order valence-corrected chi connectivity index (χ4v) is 7.59. The summed E-state index contributed by atoms with van der Waals surface area (Å²) in [6, 6.07) is 8.88. The number of hydrogen-bond acceptors (Lipinski definition) is 7. The first-order valence-electron chi connectivity index (χ1n) is 16.1. The third kappa shape index (κ3) is 5.48. The van der Waals surface area contributed by atoms with E-state index in [1.807, 2.05) is 0 Å². The maximum Gasteiger partial charge on any atom is 0.319 e.